The lowest BCUT2D eigenvalue weighted by atomic mass is 10.3. The summed E-state index contributed by atoms with van der Waals surface area (Å²) in [4.78, 5) is 21.9. The summed E-state index contributed by atoms with van der Waals surface area (Å²) in [6.07, 6.45) is 3.09. The second-order valence-electron chi connectivity index (χ2n) is 4.45. The van der Waals surface area contributed by atoms with Crippen LogP contribution >= 0.6 is 0 Å². The first-order chi connectivity index (χ1) is 10.1. The second-order valence-corrected chi connectivity index (χ2v) is 4.45. The van der Waals surface area contributed by atoms with Crippen LogP contribution in [0.4, 0.5) is 22.1 Å². The summed E-state index contributed by atoms with van der Waals surface area (Å²) in [6.45, 7) is 0. The SMILES string of the molecule is COc1ccccc1NC(=O)Nc1cnc(N(C)C)nc1. The number of nitrogens with one attached hydrogen (secondary N) is 2. The lowest BCUT2D eigenvalue weighted by Gasteiger charge is -2.12. The van der Waals surface area contributed by atoms with Gasteiger partial charge in [0.25, 0.3) is 0 Å². The first-order valence-electron chi connectivity index (χ1n) is 6.30. The maximum Gasteiger partial charge on any atom is 0.323 e. The van der Waals surface area contributed by atoms with Gasteiger partial charge in [-0.05, 0) is 12.1 Å². The van der Waals surface area contributed by atoms with Crippen molar-refractivity contribution in [2.75, 3.05) is 36.7 Å². The van der Waals surface area contributed by atoms with Crippen molar-refractivity contribution in [1.29, 1.82) is 0 Å². The van der Waals surface area contributed by atoms with Gasteiger partial charge in [0, 0.05) is 14.1 Å². The number of amides is 2. The van der Waals surface area contributed by atoms with Crippen molar-refractivity contribution in [1.82, 2.24) is 9.97 Å². The summed E-state index contributed by atoms with van der Waals surface area (Å²) >= 11 is 0. The number of methoxy groups -OCH3 is 1. The molecule has 2 N–H and O–H groups in total. The van der Waals surface area contributed by atoms with Gasteiger partial charge in [-0.3, -0.25) is 0 Å². The molecule has 7 nitrogen and oxygen atoms in total. The highest BCUT2D eigenvalue weighted by Gasteiger charge is 2.07. The molecule has 1 aromatic heterocycles. The maximum atomic E-state index is 11.9. The van der Waals surface area contributed by atoms with Gasteiger partial charge in [0.05, 0.1) is 30.9 Å². The smallest absolute Gasteiger partial charge is 0.323 e. The third-order valence-electron chi connectivity index (χ3n) is 2.65. The predicted molar refractivity (Wildman–Crippen MR) is 82.0 cm³/mol. The van der Waals surface area contributed by atoms with Crippen LogP contribution in [0.2, 0.25) is 0 Å². The van der Waals surface area contributed by atoms with Gasteiger partial charge in [-0.15, -0.1) is 0 Å². The zero-order chi connectivity index (χ0) is 15.2. The number of anilines is 3. The van der Waals surface area contributed by atoms with Crippen molar-refractivity contribution in [2.45, 2.75) is 0 Å². The molecule has 7 heteroatoms. The molecule has 0 spiro atoms. The number of benzene rings is 1. The Labute approximate surface area is 123 Å². The Bertz CT molecular complexity index is 613. The fourth-order valence-corrected chi connectivity index (χ4v) is 1.65. The second kappa shape index (κ2) is 6.56. The number of aromatic nitrogens is 2. The van der Waals surface area contributed by atoms with E-state index in [1.807, 2.05) is 26.2 Å². The highest BCUT2D eigenvalue weighted by Crippen LogP contribution is 2.23. The Morgan fingerprint density at radius 2 is 1.81 bits per heavy atom. The number of urea groups is 1. The first-order valence-corrected chi connectivity index (χ1v) is 6.30. The van der Waals surface area contributed by atoms with Crippen LogP contribution in [-0.4, -0.2) is 37.2 Å². The normalized spacial score (nSPS) is 9.86. The van der Waals surface area contributed by atoms with E-state index in [0.29, 0.717) is 23.1 Å². The minimum atomic E-state index is -0.388. The summed E-state index contributed by atoms with van der Waals surface area (Å²) in [6, 6.07) is 6.78. The van der Waals surface area contributed by atoms with Crippen molar-refractivity contribution in [3.05, 3.63) is 36.7 Å². The van der Waals surface area contributed by atoms with E-state index in [0.717, 1.165) is 0 Å². The van der Waals surface area contributed by atoms with Gasteiger partial charge >= 0.3 is 6.03 Å². The van der Waals surface area contributed by atoms with Gasteiger partial charge < -0.3 is 20.3 Å². The zero-order valence-electron chi connectivity index (χ0n) is 12.1. The Morgan fingerprint density at radius 1 is 1.14 bits per heavy atom. The van der Waals surface area contributed by atoms with Crippen LogP contribution in [0, 0.1) is 0 Å². The third kappa shape index (κ3) is 3.82. The molecule has 0 fully saturated rings. The number of nitrogens with zero attached hydrogens (tertiary/aromatic N) is 3. The summed E-state index contributed by atoms with van der Waals surface area (Å²) in [5.41, 5.74) is 1.09. The minimum absolute atomic E-state index is 0.388. The molecular formula is C14H17N5O2. The molecule has 110 valence electrons. The number of rotatable bonds is 4. The first kappa shape index (κ1) is 14.6. The average molecular weight is 287 g/mol. The van der Waals surface area contributed by atoms with E-state index in [9.17, 15) is 4.79 Å². The van der Waals surface area contributed by atoms with Gasteiger partial charge in [0.2, 0.25) is 5.95 Å². The van der Waals surface area contributed by atoms with E-state index >= 15 is 0 Å². The summed E-state index contributed by atoms with van der Waals surface area (Å²) in [5, 5.41) is 5.37. The van der Waals surface area contributed by atoms with E-state index in [2.05, 4.69) is 20.6 Å². The molecule has 2 amide bonds. The molecule has 0 saturated heterocycles. The summed E-state index contributed by atoms with van der Waals surface area (Å²) in [7, 11) is 5.24. The van der Waals surface area contributed by atoms with E-state index in [-0.39, 0.29) is 6.03 Å². The van der Waals surface area contributed by atoms with Gasteiger partial charge in [-0.2, -0.15) is 0 Å². The fraction of sp³-hybridized carbons (Fsp3) is 0.214. The van der Waals surface area contributed by atoms with Crippen molar-refractivity contribution in [3.63, 3.8) is 0 Å². The number of carbonyl (C=O) groups excluding carboxylic acids is 1. The van der Waals surface area contributed by atoms with Crippen LogP contribution in [0.5, 0.6) is 5.75 Å². The quantitative estimate of drug-likeness (QED) is 0.901. The van der Waals surface area contributed by atoms with Crippen LogP contribution in [0.3, 0.4) is 0 Å². The molecule has 21 heavy (non-hydrogen) atoms. The van der Waals surface area contributed by atoms with E-state index in [4.69, 9.17) is 4.74 Å². The Balaban J connectivity index is 2.01. The molecule has 0 saturated carbocycles. The number of hydrogen-bond acceptors (Lipinski definition) is 5. The van der Waals surface area contributed by atoms with Gasteiger partial charge in [0.15, 0.2) is 0 Å². The average Bonchev–Trinajstić information content (AvgIpc) is 2.48. The van der Waals surface area contributed by atoms with E-state index < -0.39 is 0 Å². The van der Waals surface area contributed by atoms with Crippen molar-refractivity contribution in [3.8, 4) is 5.75 Å². The third-order valence-corrected chi connectivity index (χ3v) is 2.65. The molecule has 0 aliphatic rings. The lowest BCUT2D eigenvalue weighted by Crippen LogP contribution is -2.20. The molecule has 0 radical (unpaired) electrons. The molecule has 0 aliphatic heterocycles. The Morgan fingerprint density at radius 3 is 2.43 bits per heavy atom. The van der Waals surface area contributed by atoms with Crippen molar-refractivity contribution in [2.24, 2.45) is 0 Å². The van der Waals surface area contributed by atoms with Gasteiger partial charge in [0.1, 0.15) is 5.75 Å². The number of carbonyl (C=O) groups is 1. The predicted octanol–water partition coefficient (Wildman–Crippen LogP) is 2.20. The molecule has 0 aliphatic carbocycles. The molecule has 1 heterocycles. The molecule has 2 aromatic rings. The van der Waals surface area contributed by atoms with Gasteiger partial charge in [-0.25, -0.2) is 14.8 Å². The van der Waals surface area contributed by atoms with Crippen LogP contribution in [0.15, 0.2) is 36.7 Å². The van der Waals surface area contributed by atoms with Crippen molar-refractivity contribution < 1.29 is 9.53 Å². The highest BCUT2D eigenvalue weighted by atomic mass is 16.5. The molecule has 1 aromatic carbocycles. The fourth-order valence-electron chi connectivity index (χ4n) is 1.65. The molecular weight excluding hydrogens is 270 g/mol. The standard InChI is InChI=1S/C14H17N5O2/c1-19(2)13-15-8-10(9-16-13)17-14(20)18-11-6-4-5-7-12(11)21-3/h4-9H,1-3H3,(H2,17,18,20). The van der Waals surface area contributed by atoms with Crippen LogP contribution in [-0.2, 0) is 0 Å². The Hall–Kier alpha value is -2.83. The highest BCUT2D eigenvalue weighted by molar-refractivity contribution is 6.00. The number of hydrogen-bond donors (Lipinski definition) is 2. The molecule has 2 rings (SSSR count). The maximum absolute atomic E-state index is 11.9. The Kier molecular flexibility index (Phi) is 4.55. The zero-order valence-corrected chi connectivity index (χ0v) is 12.1. The van der Waals surface area contributed by atoms with Gasteiger partial charge in [-0.1, -0.05) is 12.1 Å². The minimum Gasteiger partial charge on any atom is -0.495 e. The molecule has 0 unspecified atom stereocenters. The van der Waals surface area contributed by atoms with Crippen LogP contribution in [0.1, 0.15) is 0 Å². The topological polar surface area (TPSA) is 79.4 Å². The largest absolute Gasteiger partial charge is 0.495 e. The van der Waals surface area contributed by atoms with E-state index in [1.54, 1.807) is 36.5 Å². The number of ether oxygens (including phenoxy) is 1. The van der Waals surface area contributed by atoms with Crippen LogP contribution in [0.25, 0.3) is 0 Å². The monoisotopic (exact) mass is 287 g/mol. The molecule has 0 atom stereocenters. The summed E-state index contributed by atoms with van der Waals surface area (Å²) < 4.78 is 5.17. The van der Waals surface area contributed by atoms with Crippen molar-refractivity contribution >= 4 is 23.4 Å². The van der Waals surface area contributed by atoms with E-state index in [1.165, 1.54) is 0 Å². The molecule has 0 bridgehead atoms. The summed E-state index contributed by atoms with van der Waals surface area (Å²) in [5.74, 6) is 1.16. The van der Waals surface area contributed by atoms with Crippen LogP contribution < -0.4 is 20.3 Å². The number of para-hydroxylation sites is 2. The lowest BCUT2D eigenvalue weighted by molar-refractivity contribution is 0.262.